The first kappa shape index (κ1) is 15.3. The minimum absolute atomic E-state index is 0.204. The third-order valence-corrected chi connectivity index (χ3v) is 4.51. The lowest BCUT2D eigenvalue weighted by Gasteiger charge is -2.19. The van der Waals surface area contributed by atoms with Crippen LogP contribution in [0.15, 0.2) is 40.1 Å². The largest absolute Gasteiger partial charge is 0.257 e. The standard InChI is InChI=1S/C19H29N/c1-4-6-10-16(9-5-2)17-11-7-12-19(3)13-8-14-20-18(17)15-19/h8,13-15H,4-7,9-12H2,1-3H3/b17-16-. The fraction of sp³-hybridized carbons (Fsp3) is 0.632. The Hall–Kier alpha value is -1.11. The zero-order valence-electron chi connectivity index (χ0n) is 13.4. The Balaban J connectivity index is 2.37. The summed E-state index contributed by atoms with van der Waals surface area (Å²) in [5.41, 5.74) is 4.69. The molecule has 1 heteroatoms. The van der Waals surface area contributed by atoms with Crippen LogP contribution in [0.5, 0.6) is 0 Å². The first-order chi connectivity index (χ1) is 9.68. The van der Waals surface area contributed by atoms with E-state index in [9.17, 15) is 0 Å². The Morgan fingerprint density at radius 3 is 2.85 bits per heavy atom. The number of allylic oxidation sites excluding steroid dienone is 5. The Kier molecular flexibility index (Phi) is 5.39. The van der Waals surface area contributed by atoms with Crippen molar-refractivity contribution in [1.29, 1.82) is 0 Å². The summed E-state index contributed by atoms with van der Waals surface area (Å²) >= 11 is 0. The summed E-state index contributed by atoms with van der Waals surface area (Å²) in [5.74, 6) is 0. The average molecular weight is 271 g/mol. The summed E-state index contributed by atoms with van der Waals surface area (Å²) in [6.45, 7) is 6.91. The molecule has 0 aromatic carbocycles. The van der Waals surface area contributed by atoms with E-state index in [2.05, 4.69) is 39.0 Å². The quantitative estimate of drug-likeness (QED) is 0.582. The number of hydrogen-bond acceptors (Lipinski definition) is 1. The molecule has 1 aliphatic carbocycles. The number of fused-ring (bicyclic) bond motifs is 1. The van der Waals surface area contributed by atoms with Gasteiger partial charge in [0.05, 0.1) is 5.70 Å². The molecule has 1 heterocycles. The summed E-state index contributed by atoms with van der Waals surface area (Å²) in [5, 5.41) is 0. The maximum Gasteiger partial charge on any atom is 0.0629 e. The van der Waals surface area contributed by atoms with Crippen molar-refractivity contribution in [2.24, 2.45) is 10.4 Å². The highest BCUT2D eigenvalue weighted by atomic mass is 14.7. The second kappa shape index (κ2) is 7.06. The van der Waals surface area contributed by atoms with Crippen LogP contribution < -0.4 is 0 Å². The molecule has 0 fully saturated rings. The van der Waals surface area contributed by atoms with Gasteiger partial charge in [-0.15, -0.1) is 0 Å². The Morgan fingerprint density at radius 1 is 1.25 bits per heavy atom. The third-order valence-electron chi connectivity index (χ3n) is 4.51. The second-order valence-corrected chi connectivity index (χ2v) is 6.46. The van der Waals surface area contributed by atoms with Gasteiger partial charge >= 0.3 is 0 Å². The van der Waals surface area contributed by atoms with Crippen molar-refractivity contribution in [2.75, 3.05) is 0 Å². The minimum atomic E-state index is 0.204. The van der Waals surface area contributed by atoms with E-state index in [4.69, 9.17) is 4.99 Å². The highest BCUT2D eigenvalue weighted by Crippen LogP contribution is 2.39. The van der Waals surface area contributed by atoms with E-state index >= 15 is 0 Å². The molecular formula is C19H29N. The fourth-order valence-corrected chi connectivity index (χ4v) is 3.36. The molecule has 0 N–H and O–H groups in total. The van der Waals surface area contributed by atoms with Gasteiger partial charge in [-0.3, -0.25) is 4.99 Å². The molecule has 1 nitrogen and oxygen atoms in total. The molecule has 110 valence electrons. The van der Waals surface area contributed by atoms with Crippen molar-refractivity contribution in [3.8, 4) is 0 Å². The maximum absolute atomic E-state index is 4.73. The predicted octanol–water partition coefficient (Wildman–Crippen LogP) is 5.99. The molecule has 1 atom stereocenters. The number of rotatable bonds is 5. The van der Waals surface area contributed by atoms with Gasteiger partial charge in [-0.25, -0.2) is 0 Å². The molecular weight excluding hydrogens is 242 g/mol. The zero-order chi connectivity index (χ0) is 14.4. The van der Waals surface area contributed by atoms with Crippen molar-refractivity contribution in [3.05, 3.63) is 35.1 Å². The van der Waals surface area contributed by atoms with Gasteiger partial charge in [0, 0.05) is 11.6 Å². The van der Waals surface area contributed by atoms with E-state index in [1.165, 1.54) is 57.1 Å². The average Bonchev–Trinajstić information content (AvgIpc) is 2.72. The molecule has 0 saturated heterocycles. The van der Waals surface area contributed by atoms with Gasteiger partial charge in [0.1, 0.15) is 0 Å². The predicted molar refractivity (Wildman–Crippen MR) is 89.1 cm³/mol. The molecule has 0 radical (unpaired) electrons. The second-order valence-electron chi connectivity index (χ2n) is 6.46. The summed E-state index contributed by atoms with van der Waals surface area (Å²) in [6, 6.07) is 0. The van der Waals surface area contributed by atoms with Crippen molar-refractivity contribution in [2.45, 2.75) is 72.1 Å². The Morgan fingerprint density at radius 2 is 2.10 bits per heavy atom. The van der Waals surface area contributed by atoms with E-state index < -0.39 is 0 Å². The summed E-state index contributed by atoms with van der Waals surface area (Å²) in [4.78, 5) is 4.73. The van der Waals surface area contributed by atoms with Crippen LogP contribution in [0.3, 0.4) is 0 Å². The molecule has 2 rings (SSSR count). The highest BCUT2D eigenvalue weighted by Gasteiger charge is 2.25. The summed E-state index contributed by atoms with van der Waals surface area (Å²) in [7, 11) is 0. The molecule has 20 heavy (non-hydrogen) atoms. The van der Waals surface area contributed by atoms with E-state index in [0.29, 0.717) is 0 Å². The smallest absolute Gasteiger partial charge is 0.0629 e. The topological polar surface area (TPSA) is 12.4 Å². The van der Waals surface area contributed by atoms with E-state index in [1.54, 1.807) is 11.1 Å². The van der Waals surface area contributed by atoms with Crippen LogP contribution >= 0.6 is 0 Å². The molecule has 0 amide bonds. The monoisotopic (exact) mass is 271 g/mol. The van der Waals surface area contributed by atoms with Gasteiger partial charge in [0.2, 0.25) is 0 Å². The lowest BCUT2D eigenvalue weighted by Crippen LogP contribution is -2.07. The van der Waals surface area contributed by atoms with Crippen LogP contribution in [0, 0.1) is 5.41 Å². The molecule has 0 saturated carbocycles. The van der Waals surface area contributed by atoms with Crippen molar-refractivity contribution >= 4 is 6.21 Å². The molecule has 1 aliphatic heterocycles. The highest BCUT2D eigenvalue weighted by molar-refractivity contribution is 5.74. The van der Waals surface area contributed by atoms with Crippen LogP contribution in [0.4, 0.5) is 0 Å². The molecule has 2 bridgehead atoms. The van der Waals surface area contributed by atoms with Crippen molar-refractivity contribution < 1.29 is 0 Å². The summed E-state index contributed by atoms with van der Waals surface area (Å²) in [6.07, 6.45) is 18.9. The van der Waals surface area contributed by atoms with Gasteiger partial charge in [-0.1, -0.05) is 45.3 Å². The van der Waals surface area contributed by atoms with Crippen LogP contribution in [-0.2, 0) is 0 Å². The zero-order valence-corrected chi connectivity index (χ0v) is 13.4. The van der Waals surface area contributed by atoms with Crippen LogP contribution in [0.25, 0.3) is 0 Å². The first-order valence-corrected chi connectivity index (χ1v) is 8.34. The number of hydrogen-bond donors (Lipinski definition) is 0. The van der Waals surface area contributed by atoms with Crippen molar-refractivity contribution in [1.82, 2.24) is 0 Å². The minimum Gasteiger partial charge on any atom is -0.257 e. The van der Waals surface area contributed by atoms with Gasteiger partial charge in [-0.2, -0.15) is 0 Å². The first-order valence-electron chi connectivity index (χ1n) is 8.34. The molecule has 0 aromatic heterocycles. The van der Waals surface area contributed by atoms with Gasteiger partial charge in [-0.05, 0) is 56.3 Å². The van der Waals surface area contributed by atoms with Crippen LogP contribution in [0.1, 0.15) is 72.1 Å². The van der Waals surface area contributed by atoms with E-state index in [1.807, 2.05) is 6.21 Å². The number of aliphatic imine (C=N–C) groups is 1. The SMILES string of the molecule is CCCC/C(CCC)=C1/CCCC2(C)C=CC=NC1=C2. The van der Waals surface area contributed by atoms with Gasteiger partial charge < -0.3 is 0 Å². The normalized spacial score (nSPS) is 27.9. The van der Waals surface area contributed by atoms with Crippen LogP contribution in [-0.4, -0.2) is 6.21 Å². The number of nitrogens with zero attached hydrogens (tertiary/aromatic N) is 1. The van der Waals surface area contributed by atoms with Gasteiger partial charge in [0.25, 0.3) is 0 Å². The Labute approximate surface area is 124 Å². The number of unbranched alkanes of at least 4 members (excludes halogenated alkanes) is 1. The fourth-order valence-electron chi connectivity index (χ4n) is 3.36. The Bertz CT molecular complexity index is 450. The molecule has 1 unspecified atom stereocenters. The third kappa shape index (κ3) is 3.71. The molecule has 2 aliphatic rings. The van der Waals surface area contributed by atoms with Crippen molar-refractivity contribution in [3.63, 3.8) is 0 Å². The van der Waals surface area contributed by atoms with Crippen LogP contribution in [0.2, 0.25) is 0 Å². The summed E-state index contributed by atoms with van der Waals surface area (Å²) < 4.78 is 0. The molecule has 0 spiro atoms. The van der Waals surface area contributed by atoms with E-state index in [-0.39, 0.29) is 5.41 Å². The maximum atomic E-state index is 4.73. The van der Waals surface area contributed by atoms with E-state index in [0.717, 1.165) is 0 Å². The lowest BCUT2D eigenvalue weighted by atomic mass is 9.85. The molecule has 0 aromatic rings. The van der Waals surface area contributed by atoms with Gasteiger partial charge in [0.15, 0.2) is 0 Å². The lowest BCUT2D eigenvalue weighted by molar-refractivity contribution is 0.487.